The minimum Gasteiger partial charge on any atom is -0.352 e. The first-order chi connectivity index (χ1) is 10.7. The van der Waals surface area contributed by atoms with E-state index in [0.717, 1.165) is 17.5 Å². The number of rotatable bonds is 4. The molecule has 2 aromatic rings. The summed E-state index contributed by atoms with van der Waals surface area (Å²) in [5, 5.41) is 3.02. The number of nitrogens with one attached hydrogen (secondary N) is 1. The summed E-state index contributed by atoms with van der Waals surface area (Å²) in [5.74, 6) is 0.0947. The van der Waals surface area contributed by atoms with Crippen LogP contribution in [0.5, 0.6) is 0 Å². The predicted molar refractivity (Wildman–Crippen MR) is 89.8 cm³/mol. The molecular weight excluding hydrogens is 270 g/mol. The monoisotopic (exact) mass is 293 g/mol. The van der Waals surface area contributed by atoms with Crippen LogP contribution in [-0.2, 0) is 30.6 Å². The minimum atomic E-state index is 0.0947. The molecule has 2 aromatic carbocycles. The predicted octanol–water partition coefficient (Wildman–Crippen LogP) is 3.73. The Kier molecular flexibility index (Phi) is 4.57. The Morgan fingerprint density at radius 2 is 1.82 bits per heavy atom. The number of hydrogen-bond donors (Lipinski definition) is 1. The second-order valence-corrected chi connectivity index (χ2v) is 6.25. The fraction of sp³-hybridized carbons (Fsp3) is 0.350. The van der Waals surface area contributed by atoms with Crippen molar-refractivity contribution in [1.29, 1.82) is 0 Å². The molecule has 0 spiro atoms. The zero-order valence-electron chi connectivity index (χ0n) is 13.2. The van der Waals surface area contributed by atoms with Gasteiger partial charge < -0.3 is 5.32 Å². The highest BCUT2D eigenvalue weighted by atomic mass is 16.1. The number of benzene rings is 2. The number of amides is 1. The van der Waals surface area contributed by atoms with Crippen LogP contribution in [0.25, 0.3) is 0 Å². The van der Waals surface area contributed by atoms with Gasteiger partial charge in [0.15, 0.2) is 0 Å². The lowest BCUT2D eigenvalue weighted by Crippen LogP contribution is -2.24. The van der Waals surface area contributed by atoms with E-state index in [0.29, 0.717) is 13.0 Å². The zero-order valence-corrected chi connectivity index (χ0v) is 13.2. The minimum absolute atomic E-state index is 0.0947. The second-order valence-electron chi connectivity index (χ2n) is 6.25. The highest BCUT2D eigenvalue weighted by Gasteiger charge is 2.11. The number of carbonyl (C=O) groups excluding carboxylic acids is 1. The molecular formula is C20H23NO. The molecule has 0 radical (unpaired) electrons. The van der Waals surface area contributed by atoms with Gasteiger partial charge in [-0.2, -0.15) is 0 Å². The van der Waals surface area contributed by atoms with Crippen LogP contribution in [0.3, 0.4) is 0 Å². The van der Waals surface area contributed by atoms with Crippen molar-refractivity contribution in [2.45, 2.75) is 45.6 Å². The van der Waals surface area contributed by atoms with Crippen LogP contribution in [0.1, 0.15) is 40.7 Å². The van der Waals surface area contributed by atoms with Crippen molar-refractivity contribution in [3.63, 3.8) is 0 Å². The van der Waals surface area contributed by atoms with Gasteiger partial charge in [-0.15, -0.1) is 0 Å². The average Bonchev–Trinajstić information content (AvgIpc) is 2.53. The summed E-state index contributed by atoms with van der Waals surface area (Å²) in [5.41, 5.74) is 6.41. The first-order valence-electron chi connectivity index (χ1n) is 8.13. The van der Waals surface area contributed by atoms with Gasteiger partial charge in [-0.3, -0.25) is 4.79 Å². The maximum Gasteiger partial charge on any atom is 0.224 e. The topological polar surface area (TPSA) is 29.1 Å². The third-order valence-corrected chi connectivity index (χ3v) is 4.35. The Labute approximate surface area is 132 Å². The van der Waals surface area contributed by atoms with Gasteiger partial charge in [0.2, 0.25) is 5.91 Å². The lowest BCUT2D eigenvalue weighted by atomic mass is 9.90. The highest BCUT2D eigenvalue weighted by molar-refractivity contribution is 5.78. The molecule has 2 nitrogen and oxygen atoms in total. The van der Waals surface area contributed by atoms with Gasteiger partial charge in [-0.1, -0.05) is 48.0 Å². The molecule has 1 aliphatic rings. The van der Waals surface area contributed by atoms with Crippen molar-refractivity contribution < 1.29 is 4.79 Å². The van der Waals surface area contributed by atoms with Gasteiger partial charge in [0.1, 0.15) is 0 Å². The van der Waals surface area contributed by atoms with Gasteiger partial charge in [0.25, 0.3) is 0 Å². The van der Waals surface area contributed by atoms with E-state index in [4.69, 9.17) is 0 Å². The van der Waals surface area contributed by atoms with E-state index in [2.05, 4.69) is 42.6 Å². The first kappa shape index (κ1) is 14.8. The van der Waals surface area contributed by atoms with E-state index >= 15 is 0 Å². The molecule has 2 heteroatoms. The summed E-state index contributed by atoms with van der Waals surface area (Å²) in [7, 11) is 0. The summed E-state index contributed by atoms with van der Waals surface area (Å²) in [4.78, 5) is 12.1. The lowest BCUT2D eigenvalue weighted by molar-refractivity contribution is -0.120. The molecule has 114 valence electrons. The molecule has 0 saturated carbocycles. The van der Waals surface area contributed by atoms with Crippen molar-refractivity contribution in [2.75, 3.05) is 0 Å². The van der Waals surface area contributed by atoms with Crippen LogP contribution in [0, 0.1) is 6.92 Å². The van der Waals surface area contributed by atoms with Gasteiger partial charge in [0, 0.05) is 6.54 Å². The molecule has 1 N–H and O–H groups in total. The standard InChI is InChI=1S/C20H23NO/c1-15-5-4-6-17(11-15)14-21-20(22)13-16-9-10-18-7-2-3-8-19(18)12-16/h4-6,9-12H,2-3,7-8,13-14H2,1H3,(H,21,22). The van der Waals surface area contributed by atoms with Crippen LogP contribution < -0.4 is 5.32 Å². The quantitative estimate of drug-likeness (QED) is 0.914. The SMILES string of the molecule is Cc1cccc(CNC(=O)Cc2ccc3c(c2)CCCC3)c1. The van der Waals surface area contributed by atoms with Crippen LogP contribution >= 0.6 is 0 Å². The van der Waals surface area contributed by atoms with Crippen LogP contribution in [0.2, 0.25) is 0 Å². The van der Waals surface area contributed by atoms with Crippen molar-refractivity contribution in [2.24, 2.45) is 0 Å². The molecule has 0 heterocycles. The van der Waals surface area contributed by atoms with E-state index in [-0.39, 0.29) is 5.91 Å². The van der Waals surface area contributed by atoms with Crippen molar-refractivity contribution >= 4 is 5.91 Å². The molecule has 0 fully saturated rings. The van der Waals surface area contributed by atoms with Crippen molar-refractivity contribution in [3.8, 4) is 0 Å². The molecule has 0 unspecified atom stereocenters. The summed E-state index contributed by atoms with van der Waals surface area (Å²) < 4.78 is 0. The molecule has 22 heavy (non-hydrogen) atoms. The smallest absolute Gasteiger partial charge is 0.224 e. The van der Waals surface area contributed by atoms with Gasteiger partial charge >= 0.3 is 0 Å². The Balaban J connectivity index is 1.57. The molecule has 3 rings (SSSR count). The molecule has 0 aliphatic heterocycles. The third kappa shape index (κ3) is 3.76. The fourth-order valence-corrected chi connectivity index (χ4v) is 3.17. The molecule has 0 bridgehead atoms. The second kappa shape index (κ2) is 6.78. The van der Waals surface area contributed by atoms with Gasteiger partial charge in [-0.05, 0) is 54.9 Å². The van der Waals surface area contributed by atoms with E-state index < -0.39 is 0 Å². The molecule has 1 amide bonds. The molecule has 0 aromatic heterocycles. The Morgan fingerprint density at radius 3 is 2.64 bits per heavy atom. The molecule has 0 atom stereocenters. The van der Waals surface area contributed by atoms with E-state index in [9.17, 15) is 4.79 Å². The molecule has 1 aliphatic carbocycles. The number of aryl methyl sites for hydroxylation is 3. The van der Waals surface area contributed by atoms with E-state index in [1.807, 2.05) is 12.1 Å². The Morgan fingerprint density at radius 1 is 1.00 bits per heavy atom. The Bertz CT molecular complexity index is 675. The number of fused-ring (bicyclic) bond motifs is 1. The number of hydrogen-bond acceptors (Lipinski definition) is 1. The van der Waals surface area contributed by atoms with Crippen LogP contribution in [0.4, 0.5) is 0 Å². The normalized spacial score (nSPS) is 13.5. The summed E-state index contributed by atoms with van der Waals surface area (Å²) in [6.07, 6.45) is 5.39. The van der Waals surface area contributed by atoms with E-state index in [1.54, 1.807) is 0 Å². The first-order valence-corrected chi connectivity index (χ1v) is 8.13. The van der Waals surface area contributed by atoms with Gasteiger partial charge in [-0.25, -0.2) is 0 Å². The summed E-state index contributed by atoms with van der Waals surface area (Å²) in [6.45, 7) is 2.67. The summed E-state index contributed by atoms with van der Waals surface area (Å²) in [6, 6.07) is 14.8. The van der Waals surface area contributed by atoms with Crippen LogP contribution in [0.15, 0.2) is 42.5 Å². The average molecular weight is 293 g/mol. The van der Waals surface area contributed by atoms with Crippen molar-refractivity contribution in [1.82, 2.24) is 5.32 Å². The summed E-state index contributed by atoms with van der Waals surface area (Å²) >= 11 is 0. The third-order valence-electron chi connectivity index (χ3n) is 4.35. The zero-order chi connectivity index (χ0) is 15.4. The maximum absolute atomic E-state index is 12.1. The van der Waals surface area contributed by atoms with Crippen molar-refractivity contribution in [3.05, 3.63) is 70.3 Å². The molecule has 0 saturated heterocycles. The van der Waals surface area contributed by atoms with Gasteiger partial charge in [0.05, 0.1) is 6.42 Å². The largest absolute Gasteiger partial charge is 0.352 e. The van der Waals surface area contributed by atoms with Crippen LogP contribution in [-0.4, -0.2) is 5.91 Å². The Hall–Kier alpha value is -2.09. The lowest BCUT2D eigenvalue weighted by Gasteiger charge is -2.16. The highest BCUT2D eigenvalue weighted by Crippen LogP contribution is 2.22. The maximum atomic E-state index is 12.1. The fourth-order valence-electron chi connectivity index (χ4n) is 3.17. The van der Waals surface area contributed by atoms with E-state index in [1.165, 1.54) is 36.0 Å². The number of carbonyl (C=O) groups is 1.